The number of hydrazone groups is 1. The van der Waals surface area contributed by atoms with E-state index >= 15 is 0 Å². The third-order valence-electron chi connectivity index (χ3n) is 5.32. The molecule has 0 saturated heterocycles. The van der Waals surface area contributed by atoms with Gasteiger partial charge in [0.1, 0.15) is 16.2 Å². The summed E-state index contributed by atoms with van der Waals surface area (Å²) in [6.07, 6.45) is 2.18. The standard InChI is InChI=1S/C23H20N4O3S3/c1-29-18-6-5-14(10-19(18)30-2)17-11-16(20-4-3-8-31-20)26-27(17)21(28)12-33-23-15-7-9-32-22(15)24-13-25-23/h3-10,13,17H,11-12H2,1-2H3. The van der Waals surface area contributed by atoms with Gasteiger partial charge in [-0.25, -0.2) is 15.0 Å². The van der Waals surface area contributed by atoms with E-state index < -0.39 is 0 Å². The number of hydrogen-bond donors (Lipinski definition) is 0. The quantitative estimate of drug-likeness (QED) is 0.257. The van der Waals surface area contributed by atoms with Crippen LogP contribution in [-0.2, 0) is 4.79 Å². The van der Waals surface area contributed by atoms with Crippen LogP contribution < -0.4 is 9.47 Å². The second-order valence-corrected chi connectivity index (χ2v) is 10.0. The number of benzene rings is 1. The number of rotatable bonds is 7. The fraction of sp³-hybridized carbons (Fsp3) is 0.217. The van der Waals surface area contributed by atoms with Gasteiger partial charge in [-0.05, 0) is 40.6 Å². The van der Waals surface area contributed by atoms with E-state index in [9.17, 15) is 4.79 Å². The molecule has 10 heteroatoms. The molecule has 3 aromatic heterocycles. The van der Waals surface area contributed by atoms with Gasteiger partial charge in [-0.1, -0.05) is 23.9 Å². The molecule has 7 nitrogen and oxygen atoms in total. The molecule has 1 aliphatic rings. The third-order valence-corrected chi connectivity index (χ3v) is 8.05. The van der Waals surface area contributed by atoms with Crippen molar-refractivity contribution in [2.45, 2.75) is 17.5 Å². The first-order valence-electron chi connectivity index (χ1n) is 10.1. The monoisotopic (exact) mass is 496 g/mol. The first-order chi connectivity index (χ1) is 16.2. The number of thiophene rings is 2. The molecule has 33 heavy (non-hydrogen) atoms. The van der Waals surface area contributed by atoms with E-state index in [0.29, 0.717) is 17.9 Å². The topological polar surface area (TPSA) is 76.9 Å². The number of fused-ring (bicyclic) bond motifs is 1. The SMILES string of the molecule is COc1ccc(C2CC(c3cccs3)=NN2C(=O)CSc2ncnc3sccc23)cc1OC. The van der Waals surface area contributed by atoms with Gasteiger partial charge in [0.05, 0.1) is 36.6 Å². The molecule has 0 fully saturated rings. The third kappa shape index (κ3) is 4.33. The molecule has 0 aliphatic carbocycles. The zero-order valence-corrected chi connectivity index (χ0v) is 20.4. The minimum absolute atomic E-state index is 0.0756. The number of hydrogen-bond acceptors (Lipinski definition) is 9. The zero-order chi connectivity index (χ0) is 22.8. The Labute approximate surface area is 203 Å². The second kappa shape index (κ2) is 9.50. The molecule has 0 spiro atoms. The molecule has 5 rings (SSSR count). The molecular weight excluding hydrogens is 476 g/mol. The average Bonchev–Trinajstić information content (AvgIpc) is 3.61. The molecule has 4 aromatic rings. The molecule has 1 aliphatic heterocycles. The lowest BCUT2D eigenvalue weighted by Gasteiger charge is -2.22. The molecule has 0 N–H and O–H groups in total. The van der Waals surface area contributed by atoms with Gasteiger partial charge in [0.25, 0.3) is 5.91 Å². The first-order valence-corrected chi connectivity index (χ1v) is 12.9. The predicted octanol–water partition coefficient (Wildman–Crippen LogP) is 5.24. The van der Waals surface area contributed by atoms with Crippen molar-refractivity contribution in [3.05, 3.63) is 63.9 Å². The number of amides is 1. The molecule has 1 amide bonds. The van der Waals surface area contributed by atoms with Crippen molar-refractivity contribution in [1.82, 2.24) is 15.0 Å². The molecule has 168 valence electrons. The van der Waals surface area contributed by atoms with Gasteiger partial charge in [0, 0.05) is 11.8 Å². The van der Waals surface area contributed by atoms with Crippen LogP contribution in [0.3, 0.4) is 0 Å². The van der Waals surface area contributed by atoms with Crippen molar-refractivity contribution in [3.63, 3.8) is 0 Å². The maximum Gasteiger partial charge on any atom is 0.253 e. The number of thioether (sulfide) groups is 1. The molecule has 4 heterocycles. The molecule has 1 aromatic carbocycles. The summed E-state index contributed by atoms with van der Waals surface area (Å²) in [5.41, 5.74) is 1.86. The van der Waals surface area contributed by atoms with Crippen LogP contribution in [0.5, 0.6) is 11.5 Å². The maximum absolute atomic E-state index is 13.4. The van der Waals surface area contributed by atoms with Gasteiger partial charge in [-0.3, -0.25) is 4.79 Å². The number of nitrogens with zero attached hydrogens (tertiary/aromatic N) is 4. The van der Waals surface area contributed by atoms with Crippen LogP contribution in [-0.4, -0.2) is 46.6 Å². The van der Waals surface area contributed by atoms with E-state index in [-0.39, 0.29) is 17.7 Å². The number of ether oxygens (including phenoxy) is 2. The lowest BCUT2D eigenvalue weighted by Crippen LogP contribution is -2.28. The highest BCUT2D eigenvalue weighted by atomic mass is 32.2. The van der Waals surface area contributed by atoms with Gasteiger partial charge in [0.2, 0.25) is 0 Å². The fourth-order valence-corrected chi connectivity index (χ4v) is 6.08. The van der Waals surface area contributed by atoms with Crippen LogP contribution in [0.4, 0.5) is 0 Å². The Morgan fingerprint density at radius 1 is 1.12 bits per heavy atom. The van der Waals surface area contributed by atoms with Crippen LogP contribution in [0, 0.1) is 0 Å². The van der Waals surface area contributed by atoms with Gasteiger partial charge in [-0.15, -0.1) is 22.7 Å². The number of carbonyl (C=O) groups is 1. The lowest BCUT2D eigenvalue weighted by atomic mass is 10.0. The Hall–Kier alpha value is -2.95. The Kier molecular flexibility index (Phi) is 6.30. The summed E-state index contributed by atoms with van der Waals surface area (Å²) < 4.78 is 10.9. The van der Waals surface area contributed by atoms with E-state index in [0.717, 1.165) is 31.4 Å². The molecule has 0 bridgehead atoms. The zero-order valence-electron chi connectivity index (χ0n) is 17.9. The smallest absolute Gasteiger partial charge is 0.253 e. The minimum atomic E-state index is -0.221. The highest BCUT2D eigenvalue weighted by Crippen LogP contribution is 2.38. The summed E-state index contributed by atoms with van der Waals surface area (Å²) in [6.45, 7) is 0. The van der Waals surface area contributed by atoms with Crippen LogP contribution in [0.25, 0.3) is 10.2 Å². The lowest BCUT2D eigenvalue weighted by molar-refractivity contribution is -0.130. The van der Waals surface area contributed by atoms with E-state index in [4.69, 9.17) is 14.6 Å². The Morgan fingerprint density at radius 3 is 2.79 bits per heavy atom. The summed E-state index contributed by atoms with van der Waals surface area (Å²) >= 11 is 4.60. The van der Waals surface area contributed by atoms with Gasteiger partial charge < -0.3 is 9.47 Å². The second-order valence-electron chi connectivity index (χ2n) is 7.20. The Morgan fingerprint density at radius 2 is 2.00 bits per heavy atom. The number of carbonyl (C=O) groups excluding carboxylic acids is 1. The van der Waals surface area contributed by atoms with Gasteiger partial charge in [-0.2, -0.15) is 5.10 Å². The largest absolute Gasteiger partial charge is 0.493 e. The normalized spacial score (nSPS) is 15.6. The summed E-state index contributed by atoms with van der Waals surface area (Å²) in [6, 6.07) is 11.5. The predicted molar refractivity (Wildman–Crippen MR) is 133 cm³/mol. The van der Waals surface area contributed by atoms with E-state index in [1.54, 1.807) is 48.2 Å². The van der Waals surface area contributed by atoms with Crippen LogP contribution >= 0.6 is 34.4 Å². The van der Waals surface area contributed by atoms with Crippen LogP contribution in [0.15, 0.2) is 63.6 Å². The van der Waals surface area contributed by atoms with Crippen molar-refractivity contribution in [2.24, 2.45) is 5.10 Å². The summed E-state index contributed by atoms with van der Waals surface area (Å²) in [5.74, 6) is 1.43. The van der Waals surface area contributed by atoms with Crippen molar-refractivity contribution in [1.29, 1.82) is 0 Å². The van der Waals surface area contributed by atoms with Crippen molar-refractivity contribution in [3.8, 4) is 11.5 Å². The average molecular weight is 497 g/mol. The Balaban J connectivity index is 1.42. The fourth-order valence-electron chi connectivity index (χ4n) is 3.73. The summed E-state index contributed by atoms with van der Waals surface area (Å²) in [4.78, 5) is 24.0. The molecule has 1 atom stereocenters. The molecular formula is C23H20N4O3S3. The van der Waals surface area contributed by atoms with E-state index in [1.807, 2.05) is 47.2 Å². The first kappa shape index (κ1) is 21.9. The van der Waals surface area contributed by atoms with Crippen LogP contribution in [0.1, 0.15) is 22.9 Å². The summed E-state index contributed by atoms with van der Waals surface area (Å²) in [7, 11) is 3.21. The molecule has 1 unspecified atom stereocenters. The highest BCUT2D eigenvalue weighted by molar-refractivity contribution is 8.00. The number of methoxy groups -OCH3 is 2. The summed E-state index contributed by atoms with van der Waals surface area (Å²) in [5, 5.41) is 12.1. The van der Waals surface area contributed by atoms with E-state index in [1.165, 1.54) is 11.8 Å². The molecule has 0 radical (unpaired) electrons. The maximum atomic E-state index is 13.4. The minimum Gasteiger partial charge on any atom is -0.493 e. The molecule has 0 saturated carbocycles. The Bertz CT molecular complexity index is 1320. The van der Waals surface area contributed by atoms with Gasteiger partial charge in [0.15, 0.2) is 11.5 Å². The van der Waals surface area contributed by atoms with Crippen molar-refractivity contribution >= 4 is 56.3 Å². The van der Waals surface area contributed by atoms with Gasteiger partial charge >= 0.3 is 0 Å². The number of aromatic nitrogens is 2. The van der Waals surface area contributed by atoms with E-state index in [2.05, 4.69) is 9.97 Å². The highest BCUT2D eigenvalue weighted by Gasteiger charge is 2.34. The van der Waals surface area contributed by atoms with Crippen LogP contribution in [0.2, 0.25) is 0 Å². The van der Waals surface area contributed by atoms with Crippen molar-refractivity contribution < 1.29 is 14.3 Å². The van der Waals surface area contributed by atoms with Crippen molar-refractivity contribution in [2.75, 3.05) is 20.0 Å².